The quantitative estimate of drug-likeness (QED) is 0.0734. The minimum atomic E-state index is -0.394. The van der Waals surface area contributed by atoms with Crippen LogP contribution in [0.3, 0.4) is 0 Å². The van der Waals surface area contributed by atoms with Crippen molar-refractivity contribution in [2.45, 2.75) is 179 Å². The first-order chi connectivity index (χ1) is 36.7. The number of para-hydroxylation sites is 1. The van der Waals surface area contributed by atoms with Crippen LogP contribution in [0, 0.1) is 42.8 Å². The van der Waals surface area contributed by atoms with Crippen LogP contribution in [0.5, 0.6) is 0 Å². The summed E-state index contributed by atoms with van der Waals surface area (Å²) < 4.78 is 15.1. The SMILES string of the molecule is Cc1cccc2c1NC(C(=O)NC(C1CC1c1cc(NC(=O)c3cc4c(F)ccc(C)c4[nH]3)cc(N3CCC(N4CCC(N)CC4)CC3)c1)C1NC(C)C(C(=O)NC3CCN(C)CC3)CC1(C)C1CCCCCCC1)C2. The Bertz CT molecular complexity index is 2690. The van der Waals surface area contributed by atoms with Crippen molar-refractivity contribution in [2.24, 2.45) is 28.9 Å². The molecule has 7 aliphatic rings. The fraction of sp³-hybridized carbons (Fsp3) is 0.629. The van der Waals surface area contributed by atoms with E-state index in [0.717, 1.165) is 132 Å². The summed E-state index contributed by atoms with van der Waals surface area (Å²) in [5.74, 6) is -0.0747. The monoisotopic (exact) mass is 1040 g/mol. The largest absolute Gasteiger partial charge is 0.373 e. The van der Waals surface area contributed by atoms with Gasteiger partial charge in [-0.1, -0.05) is 63.3 Å². The second kappa shape index (κ2) is 22.4. The van der Waals surface area contributed by atoms with E-state index in [0.29, 0.717) is 46.7 Å². The first-order valence-corrected chi connectivity index (χ1v) is 29.6. The predicted molar refractivity (Wildman–Crippen MR) is 304 cm³/mol. The van der Waals surface area contributed by atoms with Crippen molar-refractivity contribution in [1.82, 2.24) is 30.7 Å². The molecule has 2 aliphatic carbocycles. The van der Waals surface area contributed by atoms with Gasteiger partial charge in [-0.25, -0.2) is 4.39 Å². The molecule has 8 atom stereocenters. The van der Waals surface area contributed by atoms with Gasteiger partial charge < -0.3 is 52.0 Å². The molecule has 0 spiro atoms. The van der Waals surface area contributed by atoms with E-state index >= 15 is 9.18 Å². The lowest BCUT2D eigenvalue weighted by atomic mass is 9.58. The Morgan fingerprint density at radius 2 is 1.57 bits per heavy atom. The highest BCUT2D eigenvalue weighted by Crippen LogP contribution is 2.56. The van der Waals surface area contributed by atoms with E-state index in [1.54, 1.807) is 12.1 Å². The van der Waals surface area contributed by atoms with E-state index in [-0.39, 0.29) is 70.9 Å². The molecule has 76 heavy (non-hydrogen) atoms. The number of rotatable bonds is 12. The maximum absolute atomic E-state index is 15.1. The number of aromatic nitrogens is 1. The van der Waals surface area contributed by atoms with Gasteiger partial charge in [0, 0.05) is 78.2 Å². The summed E-state index contributed by atoms with van der Waals surface area (Å²) in [5, 5.41) is 18.9. The van der Waals surface area contributed by atoms with Crippen LogP contribution >= 0.6 is 0 Å². The van der Waals surface area contributed by atoms with Crippen molar-refractivity contribution in [3.63, 3.8) is 0 Å². The molecule has 5 aliphatic heterocycles. The molecule has 0 bridgehead atoms. The summed E-state index contributed by atoms with van der Waals surface area (Å²) in [4.78, 5) is 54.7. The number of likely N-dealkylation sites (tertiary alicyclic amines) is 2. The highest BCUT2D eigenvalue weighted by atomic mass is 19.1. The molecule has 3 amide bonds. The third-order valence-electron chi connectivity index (χ3n) is 20.0. The zero-order valence-corrected chi connectivity index (χ0v) is 46.1. The molecule has 6 fully saturated rings. The molecule has 13 nitrogen and oxygen atoms in total. The number of hydrogen-bond acceptors (Lipinski definition) is 9. The van der Waals surface area contributed by atoms with Crippen LogP contribution in [-0.2, 0) is 16.0 Å². The molecule has 6 heterocycles. The third-order valence-corrected chi connectivity index (χ3v) is 20.0. The zero-order valence-electron chi connectivity index (χ0n) is 46.1. The van der Waals surface area contributed by atoms with Crippen molar-refractivity contribution in [2.75, 3.05) is 61.8 Å². The van der Waals surface area contributed by atoms with Crippen LogP contribution < -0.4 is 37.2 Å². The van der Waals surface area contributed by atoms with Crippen LogP contribution in [0.25, 0.3) is 10.9 Å². The summed E-state index contributed by atoms with van der Waals surface area (Å²) in [7, 11) is 2.16. The Morgan fingerprint density at radius 1 is 0.829 bits per heavy atom. The fourth-order valence-corrected chi connectivity index (χ4v) is 15.1. The number of amides is 3. The minimum Gasteiger partial charge on any atom is -0.373 e. The van der Waals surface area contributed by atoms with Crippen molar-refractivity contribution in [3.05, 3.63) is 88.4 Å². The zero-order chi connectivity index (χ0) is 52.8. The molecule has 14 heteroatoms. The van der Waals surface area contributed by atoms with Crippen LogP contribution in [-0.4, -0.2) is 121 Å². The molecule has 4 saturated heterocycles. The van der Waals surface area contributed by atoms with Gasteiger partial charge in [-0.2, -0.15) is 0 Å². The van der Waals surface area contributed by atoms with E-state index < -0.39 is 6.04 Å². The summed E-state index contributed by atoms with van der Waals surface area (Å²) in [6.07, 6.45) is 16.8. The Labute approximate surface area is 451 Å². The fourth-order valence-electron chi connectivity index (χ4n) is 15.1. The summed E-state index contributed by atoms with van der Waals surface area (Å²) in [6.45, 7) is 14.6. The topological polar surface area (TPSA) is 163 Å². The molecular formula is C62H87FN10O3. The van der Waals surface area contributed by atoms with Crippen molar-refractivity contribution in [3.8, 4) is 0 Å². The number of fused-ring (bicyclic) bond motifs is 2. The normalized spacial score (nSPS) is 29.0. The average molecular weight is 1040 g/mol. The number of anilines is 3. The number of nitrogens with zero attached hydrogens (tertiary/aromatic N) is 3. The molecule has 2 saturated carbocycles. The predicted octanol–water partition coefficient (Wildman–Crippen LogP) is 9.14. The van der Waals surface area contributed by atoms with E-state index in [1.165, 1.54) is 43.7 Å². The highest BCUT2D eigenvalue weighted by Gasteiger charge is 2.57. The van der Waals surface area contributed by atoms with Crippen LogP contribution in [0.15, 0.2) is 54.6 Å². The number of aryl methyl sites for hydroxylation is 2. The number of carbonyl (C=O) groups excluding carboxylic acids is 3. The number of hydrogen-bond donors (Lipinski definition) is 7. The smallest absolute Gasteiger partial charge is 0.272 e. The van der Waals surface area contributed by atoms with Crippen molar-refractivity contribution in [1.29, 1.82) is 0 Å². The van der Waals surface area contributed by atoms with E-state index in [2.05, 4.69) is 110 Å². The van der Waals surface area contributed by atoms with Gasteiger partial charge in [0.25, 0.3) is 5.91 Å². The van der Waals surface area contributed by atoms with E-state index in [9.17, 15) is 9.59 Å². The Morgan fingerprint density at radius 3 is 2.29 bits per heavy atom. The third kappa shape index (κ3) is 11.2. The summed E-state index contributed by atoms with van der Waals surface area (Å²) >= 11 is 0. The number of piperidine rings is 4. The van der Waals surface area contributed by atoms with Crippen molar-refractivity contribution < 1.29 is 18.8 Å². The standard InChI is InChI=1S/C62H87FN10O3/c1-37-12-11-13-40-32-53(68-55(37)40)61(76)70-57(58-62(4,42-14-9-7-6-8-10-15-42)36-51(39(3)65-58)59(74)66-44-20-24-71(5)25-21-44)49-34-48(49)41-30-45(67-60(75)54-35-50-52(63)17-16-38(2)56(50)69-54)33-47(31-41)73-28-22-46(23-29-73)72-26-18-43(64)19-27-72/h11-13,16-17,30-31,33,35,39,42-44,46,48-49,51,53,57-58,65,68-69H,6-10,14-15,18-29,32,34,36,64H2,1-5H3,(H,66,74)(H,67,75)(H,70,76). The average Bonchev–Trinajstić information content (AvgIpc) is 3.83. The van der Waals surface area contributed by atoms with Crippen LogP contribution in [0.1, 0.15) is 149 Å². The van der Waals surface area contributed by atoms with Gasteiger partial charge in [-0.3, -0.25) is 14.4 Å². The number of halogens is 1. The second-order valence-electron chi connectivity index (χ2n) is 25.1. The van der Waals surface area contributed by atoms with Crippen LogP contribution in [0.2, 0.25) is 0 Å². The molecule has 3 aromatic carbocycles. The summed E-state index contributed by atoms with van der Waals surface area (Å²) in [5.41, 5.74) is 14.2. The van der Waals surface area contributed by atoms with Gasteiger partial charge >= 0.3 is 0 Å². The van der Waals surface area contributed by atoms with Gasteiger partial charge in [0.1, 0.15) is 17.6 Å². The molecular weight excluding hydrogens is 952 g/mol. The molecule has 4 aromatic rings. The van der Waals surface area contributed by atoms with Gasteiger partial charge in [-0.15, -0.1) is 0 Å². The van der Waals surface area contributed by atoms with Gasteiger partial charge in [0.2, 0.25) is 11.8 Å². The number of H-pyrrole nitrogens is 1. The lowest BCUT2D eigenvalue weighted by Crippen LogP contribution is -2.68. The van der Waals surface area contributed by atoms with E-state index in [4.69, 9.17) is 5.73 Å². The first-order valence-electron chi connectivity index (χ1n) is 29.6. The Hall–Kier alpha value is -5.02. The van der Waals surface area contributed by atoms with Gasteiger partial charge in [0.05, 0.1) is 11.4 Å². The lowest BCUT2D eigenvalue weighted by Gasteiger charge is -2.55. The maximum Gasteiger partial charge on any atom is 0.272 e. The number of nitrogens with one attached hydrogen (secondary N) is 6. The van der Waals surface area contributed by atoms with Gasteiger partial charge in [0.15, 0.2) is 0 Å². The molecule has 0 radical (unpaired) electrons. The molecule has 11 rings (SSSR count). The lowest BCUT2D eigenvalue weighted by molar-refractivity contribution is -0.133. The molecule has 410 valence electrons. The molecule has 8 unspecified atom stereocenters. The Balaban J connectivity index is 0.923. The Kier molecular flexibility index (Phi) is 15.6. The summed E-state index contributed by atoms with van der Waals surface area (Å²) in [6, 6.07) is 18.0. The number of aromatic amines is 1. The second-order valence-corrected chi connectivity index (χ2v) is 25.1. The number of nitrogens with two attached hydrogens (primary N) is 1. The number of carbonyl (C=O) groups is 3. The molecule has 1 aromatic heterocycles. The minimum absolute atomic E-state index is 0.0214. The van der Waals surface area contributed by atoms with Crippen molar-refractivity contribution >= 4 is 45.7 Å². The molecule has 8 N–H and O–H groups in total. The van der Waals surface area contributed by atoms with Crippen LogP contribution in [0.4, 0.5) is 21.5 Å². The number of benzene rings is 3. The maximum atomic E-state index is 15.1. The van der Waals surface area contributed by atoms with Gasteiger partial charge in [-0.05, 0) is 194 Å². The highest BCUT2D eigenvalue weighted by molar-refractivity contribution is 6.06. The van der Waals surface area contributed by atoms with E-state index in [1.807, 2.05) is 6.92 Å². The first kappa shape index (κ1) is 53.0.